The Labute approximate surface area is 87.7 Å². The summed E-state index contributed by atoms with van der Waals surface area (Å²) in [5.74, 6) is 0. The van der Waals surface area contributed by atoms with Crippen LogP contribution in [0.2, 0.25) is 0 Å². The Morgan fingerprint density at radius 2 is 1.93 bits per heavy atom. The Morgan fingerprint density at radius 3 is 2.36 bits per heavy atom. The summed E-state index contributed by atoms with van der Waals surface area (Å²) in [4.78, 5) is 0. The van der Waals surface area contributed by atoms with Gasteiger partial charge in [0.2, 0.25) is 0 Å². The number of aliphatic hydroxyl groups excluding tert-OH is 1. The maximum atomic E-state index is 10.2. The van der Waals surface area contributed by atoms with E-state index < -0.39 is 11.7 Å². The van der Waals surface area contributed by atoms with Crippen LogP contribution < -0.4 is 0 Å². The first-order valence-electron chi connectivity index (χ1n) is 5.62. The van der Waals surface area contributed by atoms with Crippen molar-refractivity contribution in [3.05, 3.63) is 12.2 Å². The molecule has 84 valence electrons. The summed E-state index contributed by atoms with van der Waals surface area (Å²) in [6.07, 6.45) is 7.11. The fraction of sp³-hybridized carbons (Fsp3) is 0.833. The molecule has 0 radical (unpaired) electrons. The Hall–Kier alpha value is -0.340. The fourth-order valence-corrected chi connectivity index (χ4v) is 1.77. The Balaban J connectivity index is 4.22. The molecule has 14 heavy (non-hydrogen) atoms. The van der Waals surface area contributed by atoms with E-state index in [9.17, 15) is 10.2 Å². The zero-order valence-corrected chi connectivity index (χ0v) is 9.66. The predicted octanol–water partition coefficient (Wildman–Crippen LogP) is 2.64. The van der Waals surface area contributed by atoms with Crippen LogP contribution in [0.25, 0.3) is 0 Å². The van der Waals surface area contributed by atoms with Crippen LogP contribution in [0.5, 0.6) is 0 Å². The molecule has 2 heteroatoms. The number of allylic oxidation sites excluding steroid dienone is 2. The van der Waals surface area contributed by atoms with Gasteiger partial charge in [-0.05, 0) is 32.6 Å². The van der Waals surface area contributed by atoms with Gasteiger partial charge in [-0.25, -0.2) is 0 Å². The first-order valence-corrected chi connectivity index (χ1v) is 5.62. The van der Waals surface area contributed by atoms with Crippen molar-refractivity contribution in [1.29, 1.82) is 0 Å². The minimum Gasteiger partial charge on any atom is -0.390 e. The summed E-state index contributed by atoms with van der Waals surface area (Å²) < 4.78 is 0. The molecule has 0 saturated carbocycles. The van der Waals surface area contributed by atoms with E-state index in [1.807, 2.05) is 32.9 Å². The highest BCUT2D eigenvalue weighted by Crippen LogP contribution is 2.25. The third-order valence-corrected chi connectivity index (χ3v) is 2.67. The monoisotopic (exact) mass is 200 g/mol. The summed E-state index contributed by atoms with van der Waals surface area (Å²) in [6, 6.07) is 0. The molecule has 0 aliphatic rings. The van der Waals surface area contributed by atoms with Gasteiger partial charge in [-0.1, -0.05) is 32.4 Å². The highest BCUT2D eigenvalue weighted by Gasteiger charge is 2.32. The second kappa shape index (κ2) is 7.02. The second-order valence-corrected chi connectivity index (χ2v) is 3.89. The predicted molar refractivity (Wildman–Crippen MR) is 60.2 cm³/mol. The van der Waals surface area contributed by atoms with E-state index in [0.717, 1.165) is 12.8 Å². The summed E-state index contributed by atoms with van der Waals surface area (Å²) in [7, 11) is 0. The van der Waals surface area contributed by atoms with Crippen molar-refractivity contribution < 1.29 is 10.2 Å². The molecule has 0 saturated heterocycles. The maximum absolute atomic E-state index is 10.2. The van der Waals surface area contributed by atoms with Gasteiger partial charge in [-0.2, -0.15) is 0 Å². The van der Waals surface area contributed by atoms with Gasteiger partial charge in [0.05, 0.1) is 11.7 Å². The molecule has 0 amide bonds. The molecule has 2 unspecified atom stereocenters. The van der Waals surface area contributed by atoms with E-state index in [1.54, 1.807) is 0 Å². The van der Waals surface area contributed by atoms with Gasteiger partial charge in [0.25, 0.3) is 0 Å². The lowest BCUT2D eigenvalue weighted by molar-refractivity contribution is -0.0865. The summed E-state index contributed by atoms with van der Waals surface area (Å²) >= 11 is 0. The van der Waals surface area contributed by atoms with Crippen LogP contribution in [0, 0.1) is 0 Å². The lowest BCUT2D eigenvalue weighted by Crippen LogP contribution is -2.41. The zero-order valence-electron chi connectivity index (χ0n) is 9.66. The molecule has 2 N–H and O–H groups in total. The van der Waals surface area contributed by atoms with E-state index in [2.05, 4.69) is 0 Å². The van der Waals surface area contributed by atoms with Crippen LogP contribution in [0.15, 0.2) is 12.2 Å². The average Bonchev–Trinajstić information content (AvgIpc) is 2.17. The van der Waals surface area contributed by atoms with Crippen LogP contribution in [0.3, 0.4) is 0 Å². The van der Waals surface area contributed by atoms with Crippen LogP contribution in [0.1, 0.15) is 52.9 Å². The fourth-order valence-electron chi connectivity index (χ4n) is 1.77. The maximum Gasteiger partial charge on any atom is 0.0908 e. The van der Waals surface area contributed by atoms with Crippen LogP contribution in [-0.2, 0) is 0 Å². The number of hydrogen-bond donors (Lipinski definition) is 2. The quantitative estimate of drug-likeness (QED) is 0.620. The number of aliphatic hydroxyl groups is 2. The molecule has 0 aliphatic heterocycles. The van der Waals surface area contributed by atoms with Gasteiger partial charge in [0.15, 0.2) is 0 Å². The highest BCUT2D eigenvalue weighted by molar-refractivity contribution is 4.89. The van der Waals surface area contributed by atoms with Crippen molar-refractivity contribution in [2.24, 2.45) is 0 Å². The van der Waals surface area contributed by atoms with Crippen molar-refractivity contribution in [2.75, 3.05) is 0 Å². The van der Waals surface area contributed by atoms with Crippen molar-refractivity contribution in [3.8, 4) is 0 Å². The van der Waals surface area contributed by atoms with Gasteiger partial charge < -0.3 is 10.2 Å². The normalized spacial score (nSPS) is 18.4. The number of rotatable bonds is 7. The minimum atomic E-state index is -0.886. The molecule has 0 fully saturated rings. The van der Waals surface area contributed by atoms with Crippen LogP contribution in [-0.4, -0.2) is 21.9 Å². The Bertz CT molecular complexity index is 166. The zero-order chi connectivity index (χ0) is 11.0. The smallest absolute Gasteiger partial charge is 0.0908 e. The standard InChI is InChI=1S/C12H24O2/c1-4-7-8-10-12(14,9-5-2)11(13)6-3/h4,7,11,13-14H,5-6,8-10H2,1-3H3/b7-4+. The summed E-state index contributed by atoms with van der Waals surface area (Å²) in [5, 5.41) is 20.0. The van der Waals surface area contributed by atoms with E-state index in [1.165, 1.54) is 0 Å². The van der Waals surface area contributed by atoms with Gasteiger partial charge in [-0.15, -0.1) is 0 Å². The molecule has 0 bridgehead atoms. The summed E-state index contributed by atoms with van der Waals surface area (Å²) in [6.45, 7) is 5.90. The van der Waals surface area contributed by atoms with Crippen LogP contribution in [0.4, 0.5) is 0 Å². The first-order chi connectivity index (χ1) is 6.60. The van der Waals surface area contributed by atoms with Crippen molar-refractivity contribution in [3.63, 3.8) is 0 Å². The van der Waals surface area contributed by atoms with E-state index >= 15 is 0 Å². The lowest BCUT2D eigenvalue weighted by Gasteiger charge is -2.32. The van der Waals surface area contributed by atoms with Crippen LogP contribution >= 0.6 is 0 Å². The number of hydrogen-bond acceptors (Lipinski definition) is 2. The second-order valence-electron chi connectivity index (χ2n) is 3.89. The molecule has 2 atom stereocenters. The van der Waals surface area contributed by atoms with E-state index in [-0.39, 0.29) is 0 Å². The van der Waals surface area contributed by atoms with Crippen molar-refractivity contribution in [2.45, 2.75) is 64.6 Å². The largest absolute Gasteiger partial charge is 0.390 e. The molecule has 0 heterocycles. The first kappa shape index (κ1) is 13.7. The van der Waals surface area contributed by atoms with Crippen molar-refractivity contribution >= 4 is 0 Å². The molecular weight excluding hydrogens is 176 g/mol. The van der Waals surface area contributed by atoms with Gasteiger partial charge >= 0.3 is 0 Å². The molecular formula is C12H24O2. The lowest BCUT2D eigenvalue weighted by atomic mass is 9.85. The third kappa shape index (κ3) is 4.25. The third-order valence-electron chi connectivity index (χ3n) is 2.67. The Kier molecular flexibility index (Phi) is 6.85. The van der Waals surface area contributed by atoms with E-state index in [4.69, 9.17) is 0 Å². The van der Waals surface area contributed by atoms with E-state index in [0.29, 0.717) is 19.3 Å². The molecule has 0 aromatic rings. The SMILES string of the molecule is C/C=C/CCC(O)(CCC)C(O)CC. The molecule has 0 spiro atoms. The molecule has 0 aromatic heterocycles. The van der Waals surface area contributed by atoms with Gasteiger partial charge in [-0.3, -0.25) is 0 Å². The van der Waals surface area contributed by atoms with Crippen molar-refractivity contribution in [1.82, 2.24) is 0 Å². The van der Waals surface area contributed by atoms with Gasteiger partial charge in [0, 0.05) is 0 Å². The highest BCUT2D eigenvalue weighted by atomic mass is 16.3. The molecule has 0 rings (SSSR count). The molecule has 0 aromatic carbocycles. The summed E-state index contributed by atoms with van der Waals surface area (Å²) in [5.41, 5.74) is -0.886. The topological polar surface area (TPSA) is 40.5 Å². The average molecular weight is 200 g/mol. The van der Waals surface area contributed by atoms with Gasteiger partial charge in [0.1, 0.15) is 0 Å². The molecule has 0 aliphatic carbocycles. The molecule has 2 nitrogen and oxygen atoms in total. The Morgan fingerprint density at radius 1 is 1.29 bits per heavy atom. The minimum absolute atomic E-state index is 0.590.